The summed E-state index contributed by atoms with van der Waals surface area (Å²) in [5.41, 5.74) is 0.643. The van der Waals surface area contributed by atoms with Crippen LogP contribution < -0.4 is 10.2 Å². The molecular weight excluding hydrogens is 239 g/mol. The first-order valence-electron chi connectivity index (χ1n) is 6.18. The van der Waals surface area contributed by atoms with Gasteiger partial charge in [-0.2, -0.15) is 0 Å². The molecule has 1 saturated heterocycles. The van der Waals surface area contributed by atoms with E-state index in [1.807, 2.05) is 12.1 Å². The van der Waals surface area contributed by atoms with Crippen molar-refractivity contribution in [1.29, 1.82) is 0 Å². The molecule has 1 aliphatic heterocycles. The number of benzene rings is 1. The molecule has 3 rings (SSSR count). The van der Waals surface area contributed by atoms with Crippen LogP contribution in [0.3, 0.4) is 0 Å². The molecule has 1 aromatic rings. The smallest absolute Gasteiger partial charge is 0.165 e. The Morgan fingerprint density at radius 1 is 1.35 bits per heavy atom. The SMILES string of the molecule is Fc1c(Cl)cccc1N1CCNC(C2CC2)C1. The first-order valence-corrected chi connectivity index (χ1v) is 6.56. The second-order valence-corrected chi connectivity index (χ2v) is 5.32. The van der Waals surface area contributed by atoms with Crippen LogP contribution in [-0.4, -0.2) is 25.7 Å². The standard InChI is InChI=1S/C13H16ClFN2/c14-10-2-1-3-12(13(10)15)17-7-6-16-11(8-17)9-4-5-9/h1-3,9,11,16H,4-8H2. The van der Waals surface area contributed by atoms with Crippen molar-refractivity contribution in [1.82, 2.24) is 5.32 Å². The Bertz CT molecular complexity index is 420. The zero-order chi connectivity index (χ0) is 11.8. The van der Waals surface area contributed by atoms with Crippen molar-refractivity contribution in [3.63, 3.8) is 0 Å². The first kappa shape index (κ1) is 11.3. The molecule has 92 valence electrons. The number of nitrogens with zero attached hydrogens (tertiary/aromatic N) is 1. The number of hydrogen-bond donors (Lipinski definition) is 1. The maximum atomic E-state index is 13.9. The Morgan fingerprint density at radius 2 is 2.18 bits per heavy atom. The highest BCUT2D eigenvalue weighted by Gasteiger charge is 2.34. The predicted molar refractivity (Wildman–Crippen MR) is 68.1 cm³/mol. The van der Waals surface area contributed by atoms with Crippen LogP contribution in [0.1, 0.15) is 12.8 Å². The average Bonchev–Trinajstić information content (AvgIpc) is 3.17. The van der Waals surface area contributed by atoms with Crippen molar-refractivity contribution in [3.8, 4) is 0 Å². The van der Waals surface area contributed by atoms with E-state index < -0.39 is 0 Å². The molecule has 0 spiro atoms. The molecule has 1 atom stereocenters. The van der Waals surface area contributed by atoms with Gasteiger partial charge in [-0.05, 0) is 30.9 Å². The summed E-state index contributed by atoms with van der Waals surface area (Å²) in [6, 6.07) is 5.74. The molecule has 2 aliphatic rings. The van der Waals surface area contributed by atoms with E-state index in [1.165, 1.54) is 12.8 Å². The van der Waals surface area contributed by atoms with Crippen molar-refractivity contribution in [2.75, 3.05) is 24.5 Å². The Morgan fingerprint density at radius 3 is 2.94 bits per heavy atom. The van der Waals surface area contributed by atoms with Gasteiger partial charge in [-0.15, -0.1) is 0 Å². The summed E-state index contributed by atoms with van der Waals surface area (Å²) in [5.74, 6) is 0.505. The van der Waals surface area contributed by atoms with Gasteiger partial charge >= 0.3 is 0 Å². The minimum atomic E-state index is -0.286. The average molecular weight is 255 g/mol. The van der Waals surface area contributed by atoms with E-state index >= 15 is 0 Å². The van der Waals surface area contributed by atoms with Crippen molar-refractivity contribution in [2.24, 2.45) is 5.92 Å². The fourth-order valence-corrected chi connectivity index (χ4v) is 2.72. The van der Waals surface area contributed by atoms with E-state index in [0.29, 0.717) is 11.7 Å². The van der Waals surface area contributed by atoms with Crippen molar-refractivity contribution in [3.05, 3.63) is 29.0 Å². The number of anilines is 1. The van der Waals surface area contributed by atoms with E-state index in [0.717, 1.165) is 25.6 Å². The summed E-state index contributed by atoms with van der Waals surface area (Å²) in [7, 11) is 0. The molecule has 0 bridgehead atoms. The van der Waals surface area contributed by atoms with Crippen molar-refractivity contribution in [2.45, 2.75) is 18.9 Å². The maximum absolute atomic E-state index is 13.9. The molecule has 2 fully saturated rings. The molecule has 2 nitrogen and oxygen atoms in total. The highest BCUT2D eigenvalue weighted by Crippen LogP contribution is 2.35. The van der Waals surface area contributed by atoms with Crippen LogP contribution in [0.15, 0.2) is 18.2 Å². The topological polar surface area (TPSA) is 15.3 Å². The van der Waals surface area contributed by atoms with Gasteiger partial charge in [0, 0.05) is 25.7 Å². The van der Waals surface area contributed by atoms with Gasteiger partial charge in [0.25, 0.3) is 0 Å². The Labute approximate surface area is 106 Å². The van der Waals surface area contributed by atoms with Crippen LogP contribution >= 0.6 is 11.6 Å². The molecule has 0 amide bonds. The van der Waals surface area contributed by atoms with Crippen molar-refractivity contribution < 1.29 is 4.39 Å². The van der Waals surface area contributed by atoms with Gasteiger partial charge in [0.05, 0.1) is 10.7 Å². The number of hydrogen-bond acceptors (Lipinski definition) is 2. The normalized spacial score (nSPS) is 25.1. The van der Waals surface area contributed by atoms with Gasteiger partial charge in [0.1, 0.15) is 0 Å². The van der Waals surface area contributed by atoms with Crippen molar-refractivity contribution >= 4 is 17.3 Å². The summed E-state index contributed by atoms with van der Waals surface area (Å²) in [5, 5.41) is 3.73. The lowest BCUT2D eigenvalue weighted by Crippen LogP contribution is -2.52. The molecule has 1 N–H and O–H groups in total. The van der Waals surface area contributed by atoms with Crippen LogP contribution in [0.2, 0.25) is 5.02 Å². The van der Waals surface area contributed by atoms with E-state index in [-0.39, 0.29) is 10.8 Å². The van der Waals surface area contributed by atoms with Gasteiger partial charge in [0.15, 0.2) is 5.82 Å². The van der Waals surface area contributed by atoms with Crippen LogP contribution in [0, 0.1) is 11.7 Å². The number of nitrogens with one attached hydrogen (secondary N) is 1. The summed E-state index contributed by atoms with van der Waals surface area (Å²) in [4.78, 5) is 2.11. The predicted octanol–water partition coefficient (Wildman–Crippen LogP) is 2.67. The third kappa shape index (κ3) is 2.26. The molecule has 1 unspecified atom stereocenters. The summed E-state index contributed by atoms with van der Waals surface area (Å²) >= 11 is 5.83. The molecule has 4 heteroatoms. The van der Waals surface area contributed by atoms with Gasteiger partial charge in [0.2, 0.25) is 0 Å². The Hall–Kier alpha value is -0.800. The minimum absolute atomic E-state index is 0.212. The number of rotatable bonds is 2. The van der Waals surface area contributed by atoms with Gasteiger partial charge in [-0.1, -0.05) is 17.7 Å². The van der Waals surface area contributed by atoms with Gasteiger partial charge in [-0.3, -0.25) is 0 Å². The van der Waals surface area contributed by atoms with Crippen LogP contribution in [0.25, 0.3) is 0 Å². The first-order chi connectivity index (χ1) is 8.25. The largest absolute Gasteiger partial charge is 0.366 e. The van der Waals surface area contributed by atoms with Crippen LogP contribution in [0.4, 0.5) is 10.1 Å². The highest BCUT2D eigenvalue weighted by molar-refractivity contribution is 6.31. The fraction of sp³-hybridized carbons (Fsp3) is 0.538. The zero-order valence-corrected chi connectivity index (χ0v) is 10.4. The lowest BCUT2D eigenvalue weighted by atomic mass is 10.1. The molecule has 1 saturated carbocycles. The summed E-state index contributed by atoms with van der Waals surface area (Å²) in [6.07, 6.45) is 2.62. The molecule has 0 radical (unpaired) electrons. The van der Waals surface area contributed by atoms with Gasteiger partial charge < -0.3 is 10.2 Å². The second kappa shape index (κ2) is 4.46. The minimum Gasteiger partial charge on any atom is -0.366 e. The van der Waals surface area contributed by atoms with E-state index in [4.69, 9.17) is 11.6 Å². The van der Waals surface area contributed by atoms with Crippen LogP contribution in [-0.2, 0) is 0 Å². The Kier molecular flexibility index (Phi) is 2.97. The van der Waals surface area contributed by atoms with Crippen LogP contribution in [0.5, 0.6) is 0 Å². The van der Waals surface area contributed by atoms with E-state index in [1.54, 1.807) is 6.07 Å². The monoisotopic (exact) mass is 254 g/mol. The highest BCUT2D eigenvalue weighted by atomic mass is 35.5. The quantitative estimate of drug-likeness (QED) is 0.873. The summed E-state index contributed by atoms with van der Waals surface area (Å²) < 4.78 is 13.9. The fourth-order valence-electron chi connectivity index (χ4n) is 2.55. The molecular formula is C13H16ClFN2. The molecule has 0 aromatic heterocycles. The molecule has 1 heterocycles. The number of halogens is 2. The number of piperazine rings is 1. The molecule has 17 heavy (non-hydrogen) atoms. The summed E-state index contributed by atoms with van der Waals surface area (Å²) in [6.45, 7) is 2.66. The van der Waals surface area contributed by atoms with E-state index in [9.17, 15) is 4.39 Å². The maximum Gasteiger partial charge on any atom is 0.165 e. The zero-order valence-electron chi connectivity index (χ0n) is 9.63. The molecule has 1 aromatic carbocycles. The second-order valence-electron chi connectivity index (χ2n) is 4.92. The Balaban J connectivity index is 1.80. The lowest BCUT2D eigenvalue weighted by Gasteiger charge is -2.35. The van der Waals surface area contributed by atoms with E-state index in [2.05, 4.69) is 10.2 Å². The van der Waals surface area contributed by atoms with Gasteiger partial charge in [-0.25, -0.2) is 4.39 Å². The third-order valence-electron chi connectivity index (χ3n) is 3.67. The lowest BCUT2D eigenvalue weighted by molar-refractivity contribution is 0.416. The molecule has 1 aliphatic carbocycles. The third-order valence-corrected chi connectivity index (χ3v) is 3.96.